The van der Waals surface area contributed by atoms with E-state index in [2.05, 4.69) is 34.7 Å². The minimum Gasteiger partial charge on any atom is -0.367 e. The van der Waals surface area contributed by atoms with Crippen LogP contribution in [0.4, 0.5) is 5.69 Å². The van der Waals surface area contributed by atoms with Crippen molar-refractivity contribution >= 4 is 34.1 Å². The Morgan fingerprint density at radius 2 is 2.05 bits per heavy atom. The number of anilines is 1. The summed E-state index contributed by atoms with van der Waals surface area (Å²) in [5, 5.41) is 16.7. The predicted molar refractivity (Wildman–Crippen MR) is 136 cm³/mol. The van der Waals surface area contributed by atoms with Gasteiger partial charge < -0.3 is 4.74 Å². The number of allylic oxidation sites excluding steroid dienone is 2. The summed E-state index contributed by atoms with van der Waals surface area (Å²) in [5.41, 5.74) is 5.49. The highest BCUT2D eigenvalue weighted by Gasteiger charge is 2.74. The smallest absolute Gasteiger partial charge is 0.240 e. The summed E-state index contributed by atoms with van der Waals surface area (Å²) < 4.78 is 6.61. The average Bonchev–Trinajstić information content (AvgIpc) is 3.60. The van der Waals surface area contributed by atoms with Crippen molar-refractivity contribution in [2.24, 2.45) is 16.9 Å². The van der Waals surface area contributed by atoms with Gasteiger partial charge >= 0.3 is 0 Å². The van der Waals surface area contributed by atoms with Crippen molar-refractivity contribution in [2.75, 3.05) is 11.4 Å². The first-order chi connectivity index (χ1) is 17.8. The molecule has 0 radical (unpaired) electrons. The van der Waals surface area contributed by atoms with Gasteiger partial charge in [0.15, 0.2) is 0 Å². The van der Waals surface area contributed by atoms with Gasteiger partial charge in [-0.25, -0.2) is 15.4 Å². The van der Waals surface area contributed by atoms with Crippen LogP contribution in [0.3, 0.4) is 0 Å². The molecule has 1 aromatic carbocycles. The van der Waals surface area contributed by atoms with E-state index < -0.39 is 23.0 Å². The molecule has 1 aliphatic carbocycles. The van der Waals surface area contributed by atoms with Crippen LogP contribution in [0, 0.1) is 23.2 Å². The van der Waals surface area contributed by atoms with Gasteiger partial charge in [-0.1, -0.05) is 12.2 Å². The highest BCUT2D eigenvalue weighted by molar-refractivity contribution is 6.26. The molecular formula is C28H26N6O3. The third kappa shape index (κ3) is 3.03. The molecule has 3 fully saturated rings. The van der Waals surface area contributed by atoms with E-state index in [0.29, 0.717) is 35.1 Å². The molecule has 1 unspecified atom stereocenters. The van der Waals surface area contributed by atoms with Crippen molar-refractivity contribution in [1.29, 1.82) is 5.26 Å². The second-order valence-electron chi connectivity index (χ2n) is 10.8. The van der Waals surface area contributed by atoms with Crippen molar-refractivity contribution in [3.05, 3.63) is 59.8 Å². The second kappa shape index (κ2) is 7.57. The van der Waals surface area contributed by atoms with Crippen molar-refractivity contribution in [2.45, 2.75) is 50.4 Å². The van der Waals surface area contributed by atoms with Crippen LogP contribution in [0.5, 0.6) is 0 Å². The van der Waals surface area contributed by atoms with E-state index in [1.54, 1.807) is 30.5 Å². The molecule has 9 heteroatoms. The Labute approximate surface area is 214 Å². The molecule has 5 atom stereocenters. The molecule has 2 bridgehead atoms. The molecule has 5 aliphatic rings. The van der Waals surface area contributed by atoms with Crippen LogP contribution in [0.1, 0.15) is 38.7 Å². The average molecular weight is 495 g/mol. The molecule has 3 saturated heterocycles. The standard InChI is InChI=1S/C28H26N6O3/c1-16-5-7-19-20(14-16)32-33(31-19)13-11-28-10-9-27(2,37-28)22-23(28)26(36)34(25(22)35)21-8-6-17(15-29)24-18(21)4-3-12-30-24/h3-8,12,14,19,22-23,31H,9-11,13H2,1-2H3/t19?,22-,23+,27-,28-/m1/s1. The summed E-state index contributed by atoms with van der Waals surface area (Å²) in [6, 6.07) is 9.07. The maximum absolute atomic E-state index is 14.0. The van der Waals surface area contributed by atoms with Crippen LogP contribution in [0.25, 0.3) is 10.9 Å². The van der Waals surface area contributed by atoms with Gasteiger partial charge in [0.25, 0.3) is 0 Å². The minimum absolute atomic E-state index is 0.0516. The fourth-order valence-corrected chi connectivity index (χ4v) is 6.95. The zero-order chi connectivity index (χ0) is 25.5. The first-order valence-electron chi connectivity index (χ1n) is 12.7. The molecular weight excluding hydrogens is 468 g/mol. The number of amides is 2. The molecule has 7 rings (SSSR count). The van der Waals surface area contributed by atoms with Gasteiger partial charge in [0.05, 0.1) is 58.1 Å². The lowest BCUT2D eigenvalue weighted by molar-refractivity contribution is -0.131. The number of fused-ring (bicyclic) bond motifs is 7. The van der Waals surface area contributed by atoms with Crippen LogP contribution in [-0.2, 0) is 14.3 Å². The maximum atomic E-state index is 14.0. The molecule has 2 amide bonds. The number of hydrazine groups is 1. The van der Waals surface area contributed by atoms with Crippen LogP contribution in [0.15, 0.2) is 59.4 Å². The molecule has 2 aromatic rings. The SMILES string of the molecule is CC1=CC2=NN(CC[C@@]34CC[C@@](C)(O3)[C@H]3C(=O)N(c5ccc(C#N)c6ncccc56)C(=O)[C@H]34)NC2C=C1. The van der Waals surface area contributed by atoms with Crippen LogP contribution in [-0.4, -0.2) is 51.4 Å². The molecule has 9 nitrogen and oxygen atoms in total. The van der Waals surface area contributed by atoms with Crippen molar-refractivity contribution < 1.29 is 14.3 Å². The van der Waals surface area contributed by atoms with Crippen LogP contribution >= 0.6 is 0 Å². The van der Waals surface area contributed by atoms with E-state index in [9.17, 15) is 14.9 Å². The number of nitrogens with zero attached hydrogens (tertiary/aromatic N) is 5. The number of nitriles is 1. The Kier molecular flexibility index (Phi) is 4.57. The molecule has 5 heterocycles. The Bertz CT molecular complexity index is 1520. The first-order valence-corrected chi connectivity index (χ1v) is 12.7. The number of carbonyl (C=O) groups excluding carboxylic acids is 2. The van der Waals surface area contributed by atoms with Crippen molar-refractivity contribution in [3.63, 3.8) is 0 Å². The number of rotatable bonds is 4. The predicted octanol–water partition coefficient (Wildman–Crippen LogP) is 2.98. The third-order valence-corrected chi connectivity index (χ3v) is 8.64. The molecule has 186 valence electrons. The Morgan fingerprint density at radius 1 is 1.22 bits per heavy atom. The number of ether oxygens (including phenoxy) is 1. The van der Waals surface area contributed by atoms with Gasteiger partial charge in [-0.3, -0.25) is 14.6 Å². The summed E-state index contributed by atoms with van der Waals surface area (Å²) in [7, 11) is 0. The number of nitrogens with one attached hydrogen (secondary N) is 1. The number of aromatic nitrogens is 1. The van der Waals surface area contributed by atoms with Gasteiger partial charge in [0, 0.05) is 11.6 Å². The zero-order valence-corrected chi connectivity index (χ0v) is 20.6. The summed E-state index contributed by atoms with van der Waals surface area (Å²) in [6.07, 6.45) is 9.87. The quantitative estimate of drug-likeness (QED) is 0.651. The lowest BCUT2D eigenvalue weighted by Gasteiger charge is -2.32. The highest BCUT2D eigenvalue weighted by atomic mass is 16.5. The molecule has 0 spiro atoms. The Balaban J connectivity index is 1.21. The Morgan fingerprint density at radius 3 is 2.89 bits per heavy atom. The molecule has 1 N–H and O–H groups in total. The van der Waals surface area contributed by atoms with Gasteiger partial charge in [0.2, 0.25) is 11.8 Å². The second-order valence-corrected chi connectivity index (χ2v) is 10.8. The summed E-state index contributed by atoms with van der Waals surface area (Å²) in [4.78, 5) is 33.6. The number of pyridine rings is 1. The minimum atomic E-state index is -0.723. The largest absolute Gasteiger partial charge is 0.367 e. The van der Waals surface area contributed by atoms with E-state index >= 15 is 0 Å². The van der Waals surface area contributed by atoms with Gasteiger partial charge in [-0.2, -0.15) is 10.4 Å². The number of imide groups is 1. The molecule has 4 aliphatic heterocycles. The van der Waals surface area contributed by atoms with E-state index in [-0.39, 0.29) is 17.9 Å². The number of benzene rings is 1. The first kappa shape index (κ1) is 22.3. The van der Waals surface area contributed by atoms with Gasteiger partial charge in [0.1, 0.15) is 6.07 Å². The van der Waals surface area contributed by atoms with Gasteiger partial charge in [-0.05, 0) is 69.0 Å². The lowest BCUT2D eigenvalue weighted by atomic mass is 9.67. The molecule has 37 heavy (non-hydrogen) atoms. The summed E-state index contributed by atoms with van der Waals surface area (Å²) >= 11 is 0. The third-order valence-electron chi connectivity index (χ3n) is 8.64. The number of hydrazone groups is 1. The van der Waals surface area contributed by atoms with E-state index in [1.807, 2.05) is 19.0 Å². The summed E-state index contributed by atoms with van der Waals surface area (Å²) in [6.45, 7) is 4.57. The maximum Gasteiger partial charge on any atom is 0.240 e. The Hall–Kier alpha value is -3.87. The van der Waals surface area contributed by atoms with Crippen LogP contribution in [0.2, 0.25) is 0 Å². The number of hydrogen-bond acceptors (Lipinski definition) is 8. The van der Waals surface area contributed by atoms with Gasteiger partial charge in [-0.15, -0.1) is 0 Å². The van der Waals surface area contributed by atoms with Crippen molar-refractivity contribution in [1.82, 2.24) is 15.5 Å². The fraction of sp³-hybridized carbons (Fsp3) is 0.393. The lowest BCUT2D eigenvalue weighted by Crippen LogP contribution is -2.45. The topological polar surface area (TPSA) is 111 Å². The fourth-order valence-electron chi connectivity index (χ4n) is 6.95. The number of carbonyl (C=O) groups is 2. The van der Waals surface area contributed by atoms with E-state index in [4.69, 9.17) is 9.84 Å². The van der Waals surface area contributed by atoms with Crippen LogP contribution < -0.4 is 10.3 Å². The molecule has 1 aromatic heterocycles. The zero-order valence-electron chi connectivity index (χ0n) is 20.6. The van der Waals surface area contributed by atoms with Crippen molar-refractivity contribution in [3.8, 4) is 6.07 Å². The molecule has 0 saturated carbocycles. The van der Waals surface area contributed by atoms with E-state index in [0.717, 1.165) is 24.1 Å². The highest BCUT2D eigenvalue weighted by Crippen LogP contribution is 2.62. The number of hydrogen-bond donors (Lipinski definition) is 1. The normalized spacial score (nSPS) is 33.6. The summed E-state index contributed by atoms with van der Waals surface area (Å²) in [5.74, 6) is -1.56. The monoisotopic (exact) mass is 494 g/mol. The van der Waals surface area contributed by atoms with E-state index in [1.165, 1.54) is 4.90 Å².